The van der Waals surface area contributed by atoms with E-state index < -0.39 is 12.0 Å². The van der Waals surface area contributed by atoms with Gasteiger partial charge in [-0.25, -0.2) is 0 Å². The molecule has 2 aliphatic rings. The van der Waals surface area contributed by atoms with Crippen LogP contribution in [0.3, 0.4) is 0 Å². The van der Waals surface area contributed by atoms with Gasteiger partial charge in [0.2, 0.25) is 0 Å². The minimum Gasteiger partial charge on any atom is -0.392 e. The summed E-state index contributed by atoms with van der Waals surface area (Å²) >= 11 is 6.28. The Labute approximate surface area is 86.0 Å². The Morgan fingerprint density at radius 2 is 2.38 bits per heavy atom. The number of rotatable bonds is 0. The second-order valence-corrected chi connectivity index (χ2v) is 4.76. The van der Waals surface area contributed by atoms with Crippen molar-refractivity contribution in [1.29, 1.82) is 0 Å². The Hall–Kier alpha value is -0.130. The zero-order valence-corrected chi connectivity index (χ0v) is 8.57. The number of fused-ring (bicyclic) bond motifs is 1. The SMILES string of the molecule is O=C1OSC2C(=S)CCCC(O)C12. The van der Waals surface area contributed by atoms with Gasteiger partial charge in [-0.3, -0.25) is 4.79 Å². The molecule has 2 fully saturated rings. The quantitative estimate of drug-likeness (QED) is 0.487. The second-order valence-electron chi connectivity index (χ2n) is 3.37. The summed E-state index contributed by atoms with van der Waals surface area (Å²) in [5, 5.41) is 9.58. The van der Waals surface area contributed by atoms with Crippen LogP contribution in [0.2, 0.25) is 0 Å². The first kappa shape index (κ1) is 9.43. The Morgan fingerprint density at radius 3 is 3.15 bits per heavy atom. The van der Waals surface area contributed by atoms with Crippen molar-refractivity contribution >= 4 is 35.1 Å². The average Bonchev–Trinajstić information content (AvgIpc) is 2.40. The van der Waals surface area contributed by atoms with E-state index in [1.807, 2.05) is 0 Å². The molecule has 0 radical (unpaired) electrons. The largest absolute Gasteiger partial charge is 0.392 e. The molecule has 0 amide bonds. The van der Waals surface area contributed by atoms with Gasteiger partial charge in [0, 0.05) is 4.86 Å². The number of hydrogen-bond acceptors (Lipinski definition) is 5. The number of aliphatic hydroxyl groups excluding tert-OH is 1. The Bertz CT molecular complexity index is 254. The van der Waals surface area contributed by atoms with Crippen molar-refractivity contribution in [3.63, 3.8) is 0 Å². The van der Waals surface area contributed by atoms with Crippen LogP contribution in [0.5, 0.6) is 0 Å². The monoisotopic (exact) mass is 218 g/mol. The first-order valence-electron chi connectivity index (χ1n) is 4.28. The summed E-state index contributed by atoms with van der Waals surface area (Å²) < 4.78 is 4.83. The van der Waals surface area contributed by atoms with Gasteiger partial charge in [-0.15, -0.1) is 0 Å². The molecule has 0 aromatic heterocycles. The van der Waals surface area contributed by atoms with Crippen molar-refractivity contribution < 1.29 is 14.1 Å². The number of carbonyl (C=O) groups is 1. The molecule has 1 saturated carbocycles. The van der Waals surface area contributed by atoms with Crippen LogP contribution in [0, 0.1) is 5.92 Å². The Balaban J connectivity index is 2.24. The number of thiocarbonyl (C=S) groups is 1. The maximum atomic E-state index is 11.3. The first-order chi connectivity index (χ1) is 6.20. The van der Waals surface area contributed by atoms with Crippen LogP contribution >= 0.6 is 24.3 Å². The minimum atomic E-state index is -0.576. The van der Waals surface area contributed by atoms with Crippen LogP contribution in [-0.4, -0.2) is 27.3 Å². The predicted molar refractivity (Wildman–Crippen MR) is 53.4 cm³/mol. The van der Waals surface area contributed by atoms with Crippen LogP contribution in [0.1, 0.15) is 19.3 Å². The third kappa shape index (κ3) is 1.60. The van der Waals surface area contributed by atoms with Gasteiger partial charge in [-0.05, 0) is 19.3 Å². The van der Waals surface area contributed by atoms with Crippen LogP contribution in [0.4, 0.5) is 0 Å². The normalized spacial score (nSPS) is 39.6. The molecule has 2 rings (SSSR count). The van der Waals surface area contributed by atoms with Crippen molar-refractivity contribution in [2.45, 2.75) is 30.6 Å². The highest BCUT2D eigenvalue weighted by Gasteiger charge is 2.46. The molecule has 1 aliphatic carbocycles. The molecule has 0 aromatic carbocycles. The van der Waals surface area contributed by atoms with E-state index in [-0.39, 0.29) is 11.2 Å². The van der Waals surface area contributed by atoms with Gasteiger partial charge in [0.15, 0.2) is 0 Å². The van der Waals surface area contributed by atoms with E-state index in [0.29, 0.717) is 6.42 Å². The molecule has 0 bridgehead atoms. The topological polar surface area (TPSA) is 46.5 Å². The van der Waals surface area contributed by atoms with Crippen molar-refractivity contribution in [1.82, 2.24) is 0 Å². The van der Waals surface area contributed by atoms with E-state index in [0.717, 1.165) is 29.7 Å². The zero-order chi connectivity index (χ0) is 9.42. The first-order valence-corrected chi connectivity index (χ1v) is 5.49. The van der Waals surface area contributed by atoms with Crippen LogP contribution in [0.15, 0.2) is 0 Å². The fraction of sp³-hybridized carbons (Fsp3) is 0.750. The Kier molecular flexibility index (Phi) is 2.58. The van der Waals surface area contributed by atoms with Gasteiger partial charge in [-0.2, -0.15) is 0 Å². The molecule has 0 aromatic rings. The summed E-state index contributed by atoms with van der Waals surface area (Å²) in [4.78, 5) is 12.1. The van der Waals surface area contributed by atoms with E-state index in [1.54, 1.807) is 0 Å². The van der Waals surface area contributed by atoms with Gasteiger partial charge in [-0.1, -0.05) is 12.2 Å². The van der Waals surface area contributed by atoms with Crippen molar-refractivity contribution in [2.75, 3.05) is 0 Å². The van der Waals surface area contributed by atoms with E-state index in [2.05, 4.69) is 0 Å². The zero-order valence-electron chi connectivity index (χ0n) is 6.93. The van der Waals surface area contributed by atoms with E-state index in [1.165, 1.54) is 0 Å². The van der Waals surface area contributed by atoms with Crippen LogP contribution < -0.4 is 0 Å². The molecule has 13 heavy (non-hydrogen) atoms. The van der Waals surface area contributed by atoms with Crippen molar-refractivity contribution in [2.24, 2.45) is 5.92 Å². The van der Waals surface area contributed by atoms with E-state index in [9.17, 15) is 9.90 Å². The fourth-order valence-electron chi connectivity index (χ4n) is 1.76. The summed E-state index contributed by atoms with van der Waals surface area (Å²) in [6, 6.07) is 0. The van der Waals surface area contributed by atoms with Gasteiger partial charge in [0.25, 0.3) is 0 Å². The van der Waals surface area contributed by atoms with Gasteiger partial charge in [0.1, 0.15) is 5.92 Å². The summed E-state index contributed by atoms with van der Waals surface area (Å²) in [7, 11) is 0. The average molecular weight is 218 g/mol. The summed E-state index contributed by atoms with van der Waals surface area (Å²) in [5.41, 5.74) is 0. The van der Waals surface area contributed by atoms with Crippen LogP contribution in [0.25, 0.3) is 0 Å². The molecule has 5 heteroatoms. The smallest absolute Gasteiger partial charge is 0.325 e. The molecule has 3 atom stereocenters. The highest BCUT2D eigenvalue weighted by atomic mass is 32.2. The molecular weight excluding hydrogens is 208 g/mol. The maximum Gasteiger partial charge on any atom is 0.325 e. The van der Waals surface area contributed by atoms with Gasteiger partial charge >= 0.3 is 5.97 Å². The Morgan fingerprint density at radius 1 is 1.62 bits per heavy atom. The summed E-state index contributed by atoms with van der Waals surface area (Å²) in [5.74, 6) is -0.730. The molecule has 1 saturated heterocycles. The third-order valence-corrected chi connectivity index (χ3v) is 4.14. The minimum absolute atomic E-state index is 0.0972. The summed E-state index contributed by atoms with van der Waals surface area (Å²) in [6.45, 7) is 0. The van der Waals surface area contributed by atoms with Crippen molar-refractivity contribution in [3.8, 4) is 0 Å². The molecule has 1 N–H and O–H groups in total. The third-order valence-electron chi connectivity index (χ3n) is 2.49. The van der Waals surface area contributed by atoms with E-state index >= 15 is 0 Å². The highest BCUT2D eigenvalue weighted by molar-refractivity contribution is 7.98. The lowest BCUT2D eigenvalue weighted by molar-refractivity contribution is -0.138. The molecule has 3 nitrogen and oxygen atoms in total. The highest BCUT2D eigenvalue weighted by Crippen LogP contribution is 2.38. The molecule has 3 unspecified atom stereocenters. The van der Waals surface area contributed by atoms with Crippen molar-refractivity contribution in [3.05, 3.63) is 0 Å². The predicted octanol–water partition coefficient (Wildman–Crippen LogP) is 1.09. The molecular formula is C8H10O3S2. The van der Waals surface area contributed by atoms with Gasteiger partial charge in [0.05, 0.1) is 23.4 Å². The second kappa shape index (κ2) is 3.55. The lowest BCUT2D eigenvalue weighted by Gasteiger charge is -2.14. The molecule has 0 spiro atoms. The lowest BCUT2D eigenvalue weighted by Crippen LogP contribution is -2.32. The number of hydrogen-bond donors (Lipinski definition) is 1. The standard InChI is InChI=1S/C8H10O3S2/c9-4-2-1-3-5(12)7-6(4)8(10)11-13-7/h4,6-7,9H,1-3H2. The number of aliphatic hydroxyl groups is 1. The van der Waals surface area contributed by atoms with Gasteiger partial charge < -0.3 is 9.29 Å². The lowest BCUT2D eigenvalue weighted by atomic mass is 9.97. The summed E-state index contributed by atoms with van der Waals surface area (Å²) in [6.07, 6.45) is 1.77. The van der Waals surface area contributed by atoms with Crippen LogP contribution in [-0.2, 0) is 8.98 Å². The number of carbonyl (C=O) groups excluding carboxylic acids is 1. The van der Waals surface area contributed by atoms with E-state index in [4.69, 9.17) is 16.4 Å². The fourth-order valence-corrected chi connectivity index (χ4v) is 3.11. The molecule has 1 heterocycles. The maximum absolute atomic E-state index is 11.3. The molecule has 72 valence electrons. The molecule has 1 aliphatic heterocycles.